The van der Waals surface area contributed by atoms with Gasteiger partial charge in [-0.05, 0) is 57.1 Å². The number of hydrogen-bond acceptors (Lipinski definition) is 2. The Balaban J connectivity index is 2.41. The third-order valence-corrected chi connectivity index (χ3v) is 4.79. The largest absolute Gasteiger partial charge is 0.320 e. The second kappa shape index (κ2) is 5.00. The lowest BCUT2D eigenvalue weighted by Crippen LogP contribution is -2.12. The van der Waals surface area contributed by atoms with Crippen LogP contribution in [0.2, 0.25) is 0 Å². The van der Waals surface area contributed by atoms with Gasteiger partial charge in [-0.25, -0.2) is 0 Å². The van der Waals surface area contributed by atoms with E-state index < -0.39 is 0 Å². The van der Waals surface area contributed by atoms with Crippen LogP contribution in [0.1, 0.15) is 22.7 Å². The van der Waals surface area contributed by atoms with Crippen LogP contribution >= 0.6 is 43.2 Å². The van der Waals surface area contributed by atoms with Gasteiger partial charge in [0, 0.05) is 14.3 Å². The second-order valence-corrected chi connectivity index (χ2v) is 6.17. The van der Waals surface area contributed by atoms with Gasteiger partial charge in [0.05, 0.1) is 6.04 Å². The summed E-state index contributed by atoms with van der Waals surface area (Å²) in [6, 6.07) is 6.14. The molecule has 0 aliphatic carbocycles. The summed E-state index contributed by atoms with van der Waals surface area (Å²) < 4.78 is 2.18. The zero-order valence-electron chi connectivity index (χ0n) is 8.71. The molecule has 2 aromatic rings. The topological polar surface area (TPSA) is 26.0 Å². The van der Waals surface area contributed by atoms with E-state index in [2.05, 4.69) is 61.7 Å². The molecule has 1 heterocycles. The fourth-order valence-corrected chi connectivity index (χ4v) is 3.72. The fraction of sp³-hybridized carbons (Fsp3) is 0.167. The molecule has 0 saturated carbocycles. The molecule has 1 nitrogen and oxygen atoms in total. The molecule has 84 valence electrons. The molecule has 0 aliphatic rings. The lowest BCUT2D eigenvalue weighted by atomic mass is 9.98. The van der Waals surface area contributed by atoms with E-state index in [4.69, 9.17) is 5.73 Å². The predicted octanol–water partition coefficient (Wildman–Crippen LogP) is 4.63. The minimum atomic E-state index is -0.0614. The number of thiophene rings is 1. The van der Waals surface area contributed by atoms with Gasteiger partial charge in [-0.2, -0.15) is 11.3 Å². The second-order valence-electron chi connectivity index (χ2n) is 3.65. The zero-order valence-corrected chi connectivity index (χ0v) is 12.7. The number of benzene rings is 1. The van der Waals surface area contributed by atoms with E-state index in [1.807, 2.05) is 6.07 Å². The molecule has 0 amide bonds. The number of hydrogen-bond donors (Lipinski definition) is 1. The molecule has 0 radical (unpaired) electrons. The Kier molecular flexibility index (Phi) is 3.85. The smallest absolute Gasteiger partial charge is 0.0573 e. The van der Waals surface area contributed by atoms with Gasteiger partial charge in [-0.3, -0.25) is 0 Å². The minimum Gasteiger partial charge on any atom is -0.320 e. The minimum absolute atomic E-state index is 0.0614. The third kappa shape index (κ3) is 2.40. The molecule has 0 aliphatic heterocycles. The van der Waals surface area contributed by atoms with Gasteiger partial charge in [0.15, 0.2) is 0 Å². The standard InChI is InChI=1S/C12H11Br2NS/c1-7-4-8(13)2-3-9(7)12(15)10-5-16-6-11(10)14/h2-6,12H,15H2,1H3. The molecular formula is C12H11Br2NS. The highest BCUT2D eigenvalue weighted by molar-refractivity contribution is 9.10. The monoisotopic (exact) mass is 359 g/mol. The third-order valence-electron chi connectivity index (χ3n) is 2.54. The molecule has 4 heteroatoms. The number of nitrogens with two attached hydrogens (primary N) is 1. The molecule has 16 heavy (non-hydrogen) atoms. The molecule has 1 atom stereocenters. The van der Waals surface area contributed by atoms with Crippen molar-refractivity contribution in [2.24, 2.45) is 5.73 Å². The average Bonchev–Trinajstić information content (AvgIpc) is 2.63. The van der Waals surface area contributed by atoms with Crippen LogP contribution in [0.15, 0.2) is 37.9 Å². The van der Waals surface area contributed by atoms with Crippen molar-refractivity contribution in [3.63, 3.8) is 0 Å². The lowest BCUT2D eigenvalue weighted by molar-refractivity contribution is 0.861. The Morgan fingerprint density at radius 2 is 1.94 bits per heavy atom. The van der Waals surface area contributed by atoms with Gasteiger partial charge in [-0.1, -0.05) is 22.0 Å². The van der Waals surface area contributed by atoms with Crippen LogP contribution in [0.3, 0.4) is 0 Å². The van der Waals surface area contributed by atoms with E-state index in [0.29, 0.717) is 0 Å². The highest BCUT2D eigenvalue weighted by atomic mass is 79.9. The molecular weight excluding hydrogens is 350 g/mol. The van der Waals surface area contributed by atoms with Crippen molar-refractivity contribution < 1.29 is 0 Å². The first-order valence-corrected chi connectivity index (χ1v) is 7.35. The van der Waals surface area contributed by atoms with Crippen molar-refractivity contribution in [2.45, 2.75) is 13.0 Å². The molecule has 2 rings (SSSR count). The lowest BCUT2D eigenvalue weighted by Gasteiger charge is -2.14. The summed E-state index contributed by atoms with van der Waals surface area (Å²) in [6.07, 6.45) is 0. The van der Waals surface area contributed by atoms with Crippen LogP contribution in [0.5, 0.6) is 0 Å². The molecule has 1 aromatic heterocycles. The number of halogens is 2. The SMILES string of the molecule is Cc1cc(Br)ccc1C(N)c1cscc1Br. The van der Waals surface area contributed by atoms with Gasteiger partial charge in [0.1, 0.15) is 0 Å². The Morgan fingerprint density at radius 3 is 2.50 bits per heavy atom. The summed E-state index contributed by atoms with van der Waals surface area (Å²) in [5.41, 5.74) is 9.80. The van der Waals surface area contributed by atoms with Gasteiger partial charge in [-0.15, -0.1) is 0 Å². The normalized spacial score (nSPS) is 12.8. The van der Waals surface area contributed by atoms with Crippen molar-refractivity contribution >= 4 is 43.2 Å². The van der Waals surface area contributed by atoms with Crippen LogP contribution in [0, 0.1) is 6.92 Å². The molecule has 2 N–H and O–H groups in total. The van der Waals surface area contributed by atoms with Crippen LogP contribution in [-0.4, -0.2) is 0 Å². The van der Waals surface area contributed by atoms with Crippen LogP contribution in [0.25, 0.3) is 0 Å². The molecule has 1 aromatic carbocycles. The van der Waals surface area contributed by atoms with Gasteiger partial charge in [0.25, 0.3) is 0 Å². The highest BCUT2D eigenvalue weighted by Gasteiger charge is 2.14. The Hall–Kier alpha value is -0.160. The summed E-state index contributed by atoms with van der Waals surface area (Å²) in [6.45, 7) is 2.08. The van der Waals surface area contributed by atoms with E-state index in [9.17, 15) is 0 Å². The summed E-state index contributed by atoms with van der Waals surface area (Å²) in [7, 11) is 0. The maximum absolute atomic E-state index is 6.27. The predicted molar refractivity (Wildman–Crippen MR) is 76.9 cm³/mol. The van der Waals surface area contributed by atoms with E-state index >= 15 is 0 Å². The van der Waals surface area contributed by atoms with E-state index in [1.165, 1.54) is 11.1 Å². The van der Waals surface area contributed by atoms with Gasteiger partial charge >= 0.3 is 0 Å². The van der Waals surface area contributed by atoms with Crippen molar-refractivity contribution in [3.8, 4) is 0 Å². The molecule has 1 unspecified atom stereocenters. The Morgan fingerprint density at radius 1 is 1.19 bits per heavy atom. The van der Waals surface area contributed by atoms with Crippen LogP contribution in [-0.2, 0) is 0 Å². The van der Waals surface area contributed by atoms with Crippen molar-refractivity contribution in [2.75, 3.05) is 0 Å². The van der Waals surface area contributed by atoms with Crippen LogP contribution in [0.4, 0.5) is 0 Å². The molecule has 0 spiro atoms. The molecule has 0 saturated heterocycles. The fourth-order valence-electron chi connectivity index (χ4n) is 1.67. The summed E-state index contributed by atoms with van der Waals surface area (Å²) >= 11 is 8.65. The first-order chi connectivity index (χ1) is 7.59. The first kappa shape index (κ1) is 12.3. The van der Waals surface area contributed by atoms with Crippen molar-refractivity contribution in [3.05, 3.63) is 54.6 Å². The van der Waals surface area contributed by atoms with Crippen molar-refractivity contribution in [1.29, 1.82) is 0 Å². The maximum atomic E-state index is 6.27. The van der Waals surface area contributed by atoms with Gasteiger partial charge in [0.2, 0.25) is 0 Å². The number of rotatable bonds is 2. The van der Waals surface area contributed by atoms with E-state index in [0.717, 1.165) is 14.5 Å². The summed E-state index contributed by atoms with van der Waals surface area (Å²) in [5.74, 6) is 0. The van der Waals surface area contributed by atoms with Crippen LogP contribution < -0.4 is 5.73 Å². The Labute approximate surface area is 116 Å². The summed E-state index contributed by atoms with van der Waals surface area (Å²) in [4.78, 5) is 0. The Bertz CT molecular complexity index is 507. The summed E-state index contributed by atoms with van der Waals surface area (Å²) in [5, 5.41) is 4.15. The van der Waals surface area contributed by atoms with E-state index in [1.54, 1.807) is 11.3 Å². The average molecular weight is 361 g/mol. The van der Waals surface area contributed by atoms with E-state index in [-0.39, 0.29) is 6.04 Å². The maximum Gasteiger partial charge on any atom is 0.0573 e. The van der Waals surface area contributed by atoms with Crippen molar-refractivity contribution in [1.82, 2.24) is 0 Å². The highest BCUT2D eigenvalue weighted by Crippen LogP contribution is 2.32. The zero-order chi connectivity index (χ0) is 11.7. The number of aryl methyl sites for hydroxylation is 1. The van der Waals surface area contributed by atoms with Gasteiger partial charge < -0.3 is 5.73 Å². The molecule has 0 bridgehead atoms. The molecule has 0 fully saturated rings. The quantitative estimate of drug-likeness (QED) is 0.830. The first-order valence-electron chi connectivity index (χ1n) is 4.83.